The van der Waals surface area contributed by atoms with Crippen molar-refractivity contribution in [2.75, 3.05) is 12.3 Å². The fourth-order valence-corrected chi connectivity index (χ4v) is 4.86. The Balaban J connectivity index is 1.28. The topological polar surface area (TPSA) is 118 Å². The molecule has 0 amide bonds. The predicted molar refractivity (Wildman–Crippen MR) is 96.6 cm³/mol. The van der Waals surface area contributed by atoms with Gasteiger partial charge < -0.3 is 25.1 Å². The molecule has 5 atom stereocenters. The van der Waals surface area contributed by atoms with Crippen LogP contribution in [0.15, 0.2) is 43.0 Å². The second kappa shape index (κ2) is 5.48. The van der Waals surface area contributed by atoms with Crippen molar-refractivity contribution in [2.45, 2.75) is 36.7 Å². The SMILES string of the molecule is Nc1ncnc2c1ncn2[C@@H]1O[C@@]2(CO)CC3(OCc4ccccc4)OC1C32. The highest BCUT2D eigenvalue weighted by atomic mass is 16.8. The van der Waals surface area contributed by atoms with E-state index in [9.17, 15) is 5.11 Å². The molecule has 3 fully saturated rings. The molecule has 3 unspecified atom stereocenters. The number of imidazole rings is 1. The first kappa shape index (κ1) is 16.4. The highest BCUT2D eigenvalue weighted by Gasteiger charge is 2.82. The van der Waals surface area contributed by atoms with E-state index in [-0.39, 0.29) is 18.6 Å². The lowest BCUT2D eigenvalue weighted by Crippen LogP contribution is -2.78. The number of aliphatic hydroxyl groups is 1. The molecule has 3 aliphatic rings. The Labute approximate surface area is 160 Å². The number of aliphatic hydroxyl groups excluding tert-OH is 1. The first-order chi connectivity index (χ1) is 13.7. The van der Waals surface area contributed by atoms with E-state index in [1.54, 1.807) is 10.9 Å². The summed E-state index contributed by atoms with van der Waals surface area (Å²) in [6, 6.07) is 9.96. The van der Waals surface area contributed by atoms with Crippen molar-refractivity contribution in [1.82, 2.24) is 19.5 Å². The molecule has 0 bridgehead atoms. The molecular formula is C19H19N5O4. The lowest BCUT2D eigenvalue weighted by molar-refractivity contribution is -0.451. The number of hydrogen-bond donors (Lipinski definition) is 2. The Morgan fingerprint density at radius 3 is 2.89 bits per heavy atom. The fraction of sp³-hybridized carbons (Fsp3) is 0.421. The van der Waals surface area contributed by atoms with E-state index >= 15 is 0 Å². The Hall–Kier alpha value is -2.59. The molecule has 9 nitrogen and oxygen atoms in total. The van der Waals surface area contributed by atoms with Gasteiger partial charge in [0, 0.05) is 6.42 Å². The number of anilines is 1. The van der Waals surface area contributed by atoms with Crippen LogP contribution in [-0.2, 0) is 20.8 Å². The molecule has 2 aromatic heterocycles. The smallest absolute Gasteiger partial charge is 0.180 e. The number of rotatable bonds is 5. The van der Waals surface area contributed by atoms with Gasteiger partial charge in [0.2, 0.25) is 0 Å². The highest BCUT2D eigenvalue weighted by molar-refractivity contribution is 5.81. The quantitative estimate of drug-likeness (QED) is 0.672. The lowest BCUT2D eigenvalue weighted by Gasteiger charge is -2.64. The minimum Gasteiger partial charge on any atom is -0.393 e. The molecule has 2 aliphatic heterocycles. The summed E-state index contributed by atoms with van der Waals surface area (Å²) in [5.74, 6) is -0.436. The fourth-order valence-electron chi connectivity index (χ4n) is 4.86. The van der Waals surface area contributed by atoms with Gasteiger partial charge in [-0.05, 0) is 5.56 Å². The maximum Gasteiger partial charge on any atom is 0.180 e. The first-order valence-corrected chi connectivity index (χ1v) is 9.23. The van der Waals surface area contributed by atoms with Crippen molar-refractivity contribution >= 4 is 17.0 Å². The normalized spacial score (nSPS) is 35.4. The largest absolute Gasteiger partial charge is 0.393 e. The molecule has 4 heterocycles. The molecule has 9 heteroatoms. The van der Waals surface area contributed by atoms with Crippen LogP contribution in [0.1, 0.15) is 18.2 Å². The summed E-state index contributed by atoms with van der Waals surface area (Å²) in [5.41, 5.74) is 7.40. The average molecular weight is 381 g/mol. The van der Waals surface area contributed by atoms with E-state index in [0.717, 1.165) is 5.56 Å². The minimum absolute atomic E-state index is 0.0460. The lowest BCUT2D eigenvalue weighted by atomic mass is 9.59. The predicted octanol–water partition coefficient (Wildman–Crippen LogP) is 1.00. The van der Waals surface area contributed by atoms with E-state index in [1.165, 1.54) is 6.33 Å². The number of benzene rings is 1. The maximum absolute atomic E-state index is 10.1. The van der Waals surface area contributed by atoms with Crippen LogP contribution in [0.3, 0.4) is 0 Å². The van der Waals surface area contributed by atoms with E-state index in [2.05, 4.69) is 15.0 Å². The Bertz CT molecular complexity index is 1060. The Morgan fingerprint density at radius 2 is 2.07 bits per heavy atom. The second-order valence-corrected chi connectivity index (χ2v) is 7.64. The van der Waals surface area contributed by atoms with Crippen molar-refractivity contribution in [3.63, 3.8) is 0 Å². The van der Waals surface area contributed by atoms with Gasteiger partial charge in [0.05, 0.1) is 25.5 Å². The van der Waals surface area contributed by atoms with E-state index < -0.39 is 17.6 Å². The van der Waals surface area contributed by atoms with Gasteiger partial charge in [0.15, 0.2) is 23.5 Å². The van der Waals surface area contributed by atoms with Crippen LogP contribution in [0, 0.1) is 5.92 Å². The Morgan fingerprint density at radius 1 is 1.21 bits per heavy atom. The van der Waals surface area contributed by atoms with E-state index in [0.29, 0.717) is 30.0 Å². The van der Waals surface area contributed by atoms with Gasteiger partial charge in [-0.3, -0.25) is 4.57 Å². The molecule has 144 valence electrons. The van der Waals surface area contributed by atoms with E-state index in [4.69, 9.17) is 19.9 Å². The third-order valence-corrected chi connectivity index (χ3v) is 6.14. The zero-order chi connectivity index (χ0) is 18.9. The summed E-state index contributed by atoms with van der Waals surface area (Å²) in [4.78, 5) is 12.6. The Kier molecular flexibility index (Phi) is 3.20. The molecule has 2 saturated heterocycles. The highest BCUT2D eigenvalue weighted by Crippen LogP contribution is 2.69. The second-order valence-electron chi connectivity index (χ2n) is 7.64. The molecule has 1 aromatic carbocycles. The van der Waals surface area contributed by atoms with Gasteiger partial charge in [-0.1, -0.05) is 30.3 Å². The molecule has 3 aromatic rings. The van der Waals surface area contributed by atoms with Gasteiger partial charge >= 0.3 is 0 Å². The average Bonchev–Trinajstić information content (AvgIpc) is 3.16. The van der Waals surface area contributed by atoms with Crippen molar-refractivity contribution in [3.05, 3.63) is 48.5 Å². The monoisotopic (exact) mass is 381 g/mol. The van der Waals surface area contributed by atoms with Crippen LogP contribution in [0.25, 0.3) is 11.2 Å². The van der Waals surface area contributed by atoms with Gasteiger partial charge in [-0.25, -0.2) is 15.0 Å². The van der Waals surface area contributed by atoms with Crippen LogP contribution < -0.4 is 5.73 Å². The molecule has 0 radical (unpaired) electrons. The van der Waals surface area contributed by atoms with E-state index in [1.807, 2.05) is 30.3 Å². The van der Waals surface area contributed by atoms with Gasteiger partial charge in [0.1, 0.15) is 23.5 Å². The van der Waals surface area contributed by atoms with Crippen LogP contribution in [-0.4, -0.2) is 48.7 Å². The summed E-state index contributed by atoms with van der Waals surface area (Å²) >= 11 is 0. The summed E-state index contributed by atoms with van der Waals surface area (Å²) in [7, 11) is 0. The molecule has 3 N–H and O–H groups in total. The summed E-state index contributed by atoms with van der Waals surface area (Å²) in [6.45, 7) is 0.363. The number of nitrogen functional groups attached to an aromatic ring is 1. The first-order valence-electron chi connectivity index (χ1n) is 9.23. The molecule has 28 heavy (non-hydrogen) atoms. The summed E-state index contributed by atoms with van der Waals surface area (Å²) < 4.78 is 20.4. The number of nitrogens with zero attached hydrogens (tertiary/aromatic N) is 4. The number of nitrogens with two attached hydrogens (primary N) is 1. The zero-order valence-electron chi connectivity index (χ0n) is 14.9. The van der Waals surface area contributed by atoms with Gasteiger partial charge in [-0.2, -0.15) is 0 Å². The van der Waals surface area contributed by atoms with Crippen molar-refractivity contribution in [1.29, 1.82) is 0 Å². The zero-order valence-corrected chi connectivity index (χ0v) is 14.9. The third-order valence-electron chi connectivity index (χ3n) is 6.14. The molecule has 6 rings (SSSR count). The van der Waals surface area contributed by atoms with Crippen LogP contribution in [0.2, 0.25) is 0 Å². The molecule has 0 spiro atoms. The maximum atomic E-state index is 10.1. The third kappa shape index (κ3) is 1.96. The van der Waals surface area contributed by atoms with Crippen LogP contribution in [0.5, 0.6) is 0 Å². The van der Waals surface area contributed by atoms with Crippen molar-refractivity contribution in [3.8, 4) is 0 Å². The number of ether oxygens (including phenoxy) is 3. The minimum atomic E-state index is -0.706. The number of aromatic nitrogens is 4. The van der Waals surface area contributed by atoms with Crippen LogP contribution in [0.4, 0.5) is 5.82 Å². The number of fused-ring (bicyclic) bond motifs is 1. The van der Waals surface area contributed by atoms with Crippen molar-refractivity contribution in [2.24, 2.45) is 5.92 Å². The summed E-state index contributed by atoms with van der Waals surface area (Å²) in [5, 5.41) is 10.1. The summed E-state index contributed by atoms with van der Waals surface area (Å²) in [6.07, 6.45) is 2.82. The van der Waals surface area contributed by atoms with Gasteiger partial charge in [0.25, 0.3) is 0 Å². The molecular weight excluding hydrogens is 362 g/mol. The molecule has 1 saturated carbocycles. The van der Waals surface area contributed by atoms with Crippen LogP contribution >= 0.6 is 0 Å². The van der Waals surface area contributed by atoms with Gasteiger partial charge in [-0.15, -0.1) is 0 Å². The molecule has 1 aliphatic carbocycles. The standard InChI is InChI=1S/C19H19N5O4/c20-15-12-16(22-9-21-15)24(10-23-12)17-13-14-18(8-25,28-17)7-19(14,27-13)26-6-11-4-2-1-3-5-11/h1-5,9-10,13-14,17,25H,6-8H2,(H2,20,21,22)/t13?,14?,17-,18-,19?/m1/s1. The van der Waals surface area contributed by atoms with Crippen molar-refractivity contribution < 1.29 is 19.3 Å². The number of hydrogen-bond acceptors (Lipinski definition) is 8.